The molecule has 0 bridgehead atoms. The standard InChI is InChI=1S/C11H21N3O/c1-2-13-11(15)6-4-8-14(13)10-5-3-7-12-9-10/h10,12H,2-9H2,1H3. The Morgan fingerprint density at radius 1 is 1.47 bits per heavy atom. The first-order valence-corrected chi connectivity index (χ1v) is 6.10. The molecule has 0 saturated carbocycles. The van der Waals surface area contributed by atoms with Gasteiger partial charge in [-0.3, -0.25) is 9.80 Å². The van der Waals surface area contributed by atoms with Crippen molar-refractivity contribution in [1.29, 1.82) is 0 Å². The Morgan fingerprint density at radius 3 is 3.00 bits per heavy atom. The van der Waals surface area contributed by atoms with Crippen molar-refractivity contribution < 1.29 is 4.79 Å². The van der Waals surface area contributed by atoms with Gasteiger partial charge in [0.2, 0.25) is 5.91 Å². The van der Waals surface area contributed by atoms with Gasteiger partial charge in [0.25, 0.3) is 0 Å². The van der Waals surface area contributed by atoms with Crippen LogP contribution in [0.25, 0.3) is 0 Å². The van der Waals surface area contributed by atoms with Gasteiger partial charge in [-0.15, -0.1) is 0 Å². The van der Waals surface area contributed by atoms with E-state index in [9.17, 15) is 4.79 Å². The van der Waals surface area contributed by atoms with E-state index in [1.807, 2.05) is 5.01 Å². The van der Waals surface area contributed by atoms with E-state index in [1.165, 1.54) is 12.8 Å². The summed E-state index contributed by atoms with van der Waals surface area (Å²) in [6.07, 6.45) is 4.19. The fourth-order valence-corrected chi connectivity index (χ4v) is 2.61. The Hall–Kier alpha value is -0.610. The van der Waals surface area contributed by atoms with Gasteiger partial charge in [-0.1, -0.05) is 0 Å². The molecule has 1 N–H and O–H groups in total. The number of nitrogens with one attached hydrogen (secondary N) is 1. The van der Waals surface area contributed by atoms with Crippen LogP contribution in [0.1, 0.15) is 32.6 Å². The summed E-state index contributed by atoms with van der Waals surface area (Å²) in [5.74, 6) is 0.300. The molecule has 2 aliphatic heterocycles. The number of carbonyl (C=O) groups excluding carboxylic acids is 1. The zero-order valence-corrected chi connectivity index (χ0v) is 9.54. The van der Waals surface area contributed by atoms with Crippen molar-refractivity contribution in [3.8, 4) is 0 Å². The fraction of sp³-hybridized carbons (Fsp3) is 0.909. The second-order valence-corrected chi connectivity index (χ2v) is 4.38. The van der Waals surface area contributed by atoms with Gasteiger partial charge in [-0.05, 0) is 32.7 Å². The molecule has 1 unspecified atom stereocenters. The van der Waals surface area contributed by atoms with Gasteiger partial charge in [0.1, 0.15) is 0 Å². The highest BCUT2D eigenvalue weighted by atomic mass is 16.2. The molecule has 1 amide bonds. The molecule has 1 atom stereocenters. The minimum absolute atomic E-state index is 0.300. The molecule has 0 radical (unpaired) electrons. The maximum atomic E-state index is 11.7. The number of amides is 1. The molecule has 15 heavy (non-hydrogen) atoms. The Labute approximate surface area is 91.6 Å². The van der Waals surface area contributed by atoms with Gasteiger partial charge in [-0.2, -0.15) is 0 Å². The molecule has 0 aromatic carbocycles. The van der Waals surface area contributed by atoms with E-state index in [1.54, 1.807) is 0 Å². The molecule has 2 rings (SSSR count). The van der Waals surface area contributed by atoms with Crippen LogP contribution in [-0.2, 0) is 4.79 Å². The SMILES string of the molecule is CCN1C(=O)CCCN1C1CCCNC1. The van der Waals surface area contributed by atoms with Crippen molar-refractivity contribution in [3.63, 3.8) is 0 Å². The molecule has 4 heteroatoms. The summed E-state index contributed by atoms with van der Waals surface area (Å²) in [7, 11) is 0. The van der Waals surface area contributed by atoms with Crippen LogP contribution in [0.3, 0.4) is 0 Å². The molecule has 0 aromatic heterocycles. The largest absolute Gasteiger partial charge is 0.315 e. The van der Waals surface area contributed by atoms with Crippen molar-refractivity contribution in [3.05, 3.63) is 0 Å². The molecule has 0 spiro atoms. The quantitative estimate of drug-likeness (QED) is 0.726. The molecule has 0 aromatic rings. The van der Waals surface area contributed by atoms with Crippen LogP contribution in [0, 0.1) is 0 Å². The summed E-state index contributed by atoms with van der Waals surface area (Å²) in [4.78, 5) is 11.7. The lowest BCUT2D eigenvalue weighted by molar-refractivity contribution is -0.161. The molecule has 2 fully saturated rings. The van der Waals surface area contributed by atoms with E-state index in [4.69, 9.17) is 0 Å². The molecule has 0 aliphatic carbocycles. The Balaban J connectivity index is 2.00. The zero-order chi connectivity index (χ0) is 10.7. The molecule has 2 saturated heterocycles. The average Bonchev–Trinajstić information content (AvgIpc) is 2.30. The van der Waals surface area contributed by atoms with Crippen molar-refractivity contribution in [1.82, 2.24) is 15.3 Å². The highest BCUT2D eigenvalue weighted by Gasteiger charge is 2.30. The van der Waals surface area contributed by atoms with Crippen LogP contribution in [-0.4, -0.2) is 48.1 Å². The van der Waals surface area contributed by atoms with Crippen molar-refractivity contribution in [2.45, 2.75) is 38.6 Å². The summed E-state index contributed by atoms with van der Waals surface area (Å²) < 4.78 is 0. The van der Waals surface area contributed by atoms with Gasteiger partial charge in [-0.25, -0.2) is 5.01 Å². The van der Waals surface area contributed by atoms with E-state index >= 15 is 0 Å². The van der Waals surface area contributed by atoms with E-state index < -0.39 is 0 Å². The lowest BCUT2D eigenvalue weighted by Gasteiger charge is -2.44. The smallest absolute Gasteiger partial charge is 0.236 e. The predicted octanol–water partition coefficient (Wildman–Crippen LogP) is 0.598. The summed E-state index contributed by atoms with van der Waals surface area (Å²) in [6, 6.07) is 0.531. The van der Waals surface area contributed by atoms with E-state index in [0.29, 0.717) is 11.9 Å². The number of hydrogen-bond acceptors (Lipinski definition) is 3. The number of carbonyl (C=O) groups is 1. The van der Waals surface area contributed by atoms with Gasteiger partial charge in [0, 0.05) is 32.1 Å². The Bertz CT molecular complexity index is 226. The third-order valence-corrected chi connectivity index (χ3v) is 3.37. The lowest BCUT2D eigenvalue weighted by Crippen LogP contribution is -2.58. The highest BCUT2D eigenvalue weighted by molar-refractivity contribution is 5.76. The third-order valence-electron chi connectivity index (χ3n) is 3.37. The maximum absolute atomic E-state index is 11.7. The number of rotatable bonds is 2. The number of hydrazine groups is 1. The summed E-state index contributed by atoms with van der Waals surface area (Å²) in [5.41, 5.74) is 0. The molecule has 2 heterocycles. The minimum Gasteiger partial charge on any atom is -0.315 e. The molecule has 2 aliphatic rings. The van der Waals surface area contributed by atoms with Crippen molar-refractivity contribution >= 4 is 5.91 Å². The van der Waals surface area contributed by atoms with Crippen LogP contribution in [0.15, 0.2) is 0 Å². The first kappa shape index (κ1) is 10.9. The molecular formula is C11H21N3O. The normalized spacial score (nSPS) is 29.5. The number of hydrogen-bond donors (Lipinski definition) is 1. The van der Waals surface area contributed by atoms with E-state index in [2.05, 4.69) is 17.2 Å². The highest BCUT2D eigenvalue weighted by Crippen LogP contribution is 2.19. The topological polar surface area (TPSA) is 35.6 Å². The molecule has 4 nitrogen and oxygen atoms in total. The van der Waals surface area contributed by atoms with Crippen molar-refractivity contribution in [2.24, 2.45) is 0 Å². The van der Waals surface area contributed by atoms with Crippen LogP contribution in [0.2, 0.25) is 0 Å². The fourth-order valence-electron chi connectivity index (χ4n) is 2.61. The Morgan fingerprint density at radius 2 is 2.33 bits per heavy atom. The third kappa shape index (κ3) is 2.32. The zero-order valence-electron chi connectivity index (χ0n) is 9.54. The van der Waals surface area contributed by atoms with Crippen LogP contribution < -0.4 is 5.32 Å². The van der Waals surface area contributed by atoms with Crippen LogP contribution in [0.4, 0.5) is 0 Å². The van der Waals surface area contributed by atoms with E-state index in [-0.39, 0.29) is 0 Å². The van der Waals surface area contributed by atoms with E-state index in [0.717, 1.165) is 39.0 Å². The summed E-state index contributed by atoms with van der Waals surface area (Å²) in [6.45, 7) is 6.09. The lowest BCUT2D eigenvalue weighted by atomic mass is 10.1. The second kappa shape index (κ2) is 4.94. The number of piperidine rings is 1. The van der Waals surface area contributed by atoms with Gasteiger partial charge < -0.3 is 5.32 Å². The van der Waals surface area contributed by atoms with Crippen LogP contribution in [0.5, 0.6) is 0 Å². The molecule has 86 valence electrons. The van der Waals surface area contributed by atoms with Gasteiger partial charge in [0.05, 0.1) is 0 Å². The first-order chi connectivity index (χ1) is 7.33. The first-order valence-electron chi connectivity index (χ1n) is 6.10. The summed E-state index contributed by atoms with van der Waals surface area (Å²) >= 11 is 0. The molecular weight excluding hydrogens is 190 g/mol. The monoisotopic (exact) mass is 211 g/mol. The number of nitrogens with zero attached hydrogens (tertiary/aromatic N) is 2. The van der Waals surface area contributed by atoms with Crippen molar-refractivity contribution in [2.75, 3.05) is 26.2 Å². The summed E-state index contributed by atoms with van der Waals surface area (Å²) in [5, 5.41) is 7.65. The maximum Gasteiger partial charge on any atom is 0.236 e. The minimum atomic E-state index is 0.300. The van der Waals surface area contributed by atoms with Gasteiger partial charge in [0.15, 0.2) is 0 Å². The second-order valence-electron chi connectivity index (χ2n) is 4.38. The Kier molecular flexibility index (Phi) is 3.59. The average molecular weight is 211 g/mol. The predicted molar refractivity (Wildman–Crippen MR) is 59.2 cm³/mol. The van der Waals surface area contributed by atoms with Gasteiger partial charge >= 0.3 is 0 Å². The van der Waals surface area contributed by atoms with Crippen LogP contribution >= 0.6 is 0 Å².